The van der Waals surface area contributed by atoms with E-state index in [1.165, 1.54) is 9.13 Å². The second-order valence-corrected chi connectivity index (χ2v) is 8.40. The number of hydrogen-bond donors (Lipinski definition) is 0. The number of carbonyl (C=O) groups is 1. The lowest BCUT2D eigenvalue weighted by Crippen LogP contribution is -2.64. The minimum Gasteiger partial charge on any atom is -0.339 e. The van der Waals surface area contributed by atoms with Gasteiger partial charge in [-0.05, 0) is 52.8 Å². The van der Waals surface area contributed by atoms with Crippen LogP contribution in [0.15, 0.2) is 42.7 Å². The zero-order chi connectivity index (χ0) is 18.6. The Morgan fingerprint density at radius 1 is 1.07 bits per heavy atom. The van der Waals surface area contributed by atoms with Gasteiger partial charge in [-0.25, -0.2) is 9.97 Å². The third-order valence-electron chi connectivity index (χ3n) is 5.40. The Bertz CT molecular complexity index is 773. The van der Waals surface area contributed by atoms with Gasteiger partial charge in [0, 0.05) is 67.7 Å². The van der Waals surface area contributed by atoms with Crippen LogP contribution in [0.5, 0.6) is 0 Å². The molecule has 3 heterocycles. The Labute approximate surface area is 173 Å². The van der Waals surface area contributed by atoms with Crippen LogP contribution in [0, 0.1) is 3.57 Å². The highest BCUT2D eigenvalue weighted by atomic mass is 127. The number of rotatable bonds is 5. The number of nitrogens with zero attached hydrogens (tertiary/aromatic N) is 5. The van der Waals surface area contributed by atoms with Crippen molar-refractivity contribution in [3.8, 4) is 0 Å². The van der Waals surface area contributed by atoms with Gasteiger partial charge in [0.1, 0.15) is 0 Å². The van der Waals surface area contributed by atoms with Crippen molar-refractivity contribution in [2.45, 2.75) is 18.9 Å². The van der Waals surface area contributed by atoms with Gasteiger partial charge in [-0.15, -0.1) is 0 Å². The summed E-state index contributed by atoms with van der Waals surface area (Å²) < 4.78 is 1.22. The molecule has 0 unspecified atom stereocenters. The predicted molar refractivity (Wildman–Crippen MR) is 114 cm³/mol. The summed E-state index contributed by atoms with van der Waals surface area (Å²) in [6.07, 6.45) is 5.01. The number of hydrogen-bond acceptors (Lipinski definition) is 5. The summed E-state index contributed by atoms with van der Waals surface area (Å²) in [6.45, 7) is 5.64. The van der Waals surface area contributed by atoms with Gasteiger partial charge in [0.15, 0.2) is 0 Å². The summed E-state index contributed by atoms with van der Waals surface area (Å²) in [5, 5.41) is 0. The molecule has 2 saturated heterocycles. The van der Waals surface area contributed by atoms with Crippen LogP contribution < -0.4 is 4.90 Å². The molecule has 0 N–H and O–H groups in total. The number of benzene rings is 1. The average Bonchev–Trinajstić information content (AvgIpc) is 2.67. The van der Waals surface area contributed by atoms with Crippen molar-refractivity contribution in [1.82, 2.24) is 19.8 Å². The highest BCUT2D eigenvalue weighted by Gasteiger charge is 2.35. The maximum Gasteiger partial charge on any atom is 0.225 e. The van der Waals surface area contributed by atoms with Gasteiger partial charge in [0.05, 0.1) is 0 Å². The van der Waals surface area contributed by atoms with E-state index in [9.17, 15) is 4.79 Å². The van der Waals surface area contributed by atoms with Crippen molar-refractivity contribution in [3.63, 3.8) is 0 Å². The van der Waals surface area contributed by atoms with E-state index in [1.54, 1.807) is 12.4 Å². The number of piperazine rings is 1. The van der Waals surface area contributed by atoms with E-state index in [2.05, 4.69) is 66.6 Å². The summed E-state index contributed by atoms with van der Waals surface area (Å²) in [7, 11) is 0. The maximum atomic E-state index is 12.4. The van der Waals surface area contributed by atoms with Crippen LogP contribution in [-0.4, -0.2) is 71.0 Å². The summed E-state index contributed by atoms with van der Waals surface area (Å²) >= 11 is 2.31. The van der Waals surface area contributed by atoms with Crippen molar-refractivity contribution >= 4 is 34.4 Å². The van der Waals surface area contributed by atoms with Crippen LogP contribution in [0.4, 0.5) is 5.95 Å². The quantitative estimate of drug-likeness (QED) is 0.618. The van der Waals surface area contributed by atoms with Gasteiger partial charge in [-0.1, -0.05) is 12.1 Å². The number of aryl methyl sites for hydroxylation is 1. The third kappa shape index (κ3) is 4.57. The van der Waals surface area contributed by atoms with Crippen molar-refractivity contribution in [3.05, 3.63) is 51.9 Å². The summed E-state index contributed by atoms with van der Waals surface area (Å²) in [5.74, 6) is 1.10. The molecule has 2 aliphatic heterocycles. The number of amides is 1. The first-order valence-electron chi connectivity index (χ1n) is 9.47. The smallest absolute Gasteiger partial charge is 0.225 e. The fourth-order valence-corrected chi connectivity index (χ4v) is 4.34. The van der Waals surface area contributed by atoms with Crippen LogP contribution in [0.2, 0.25) is 0 Å². The van der Waals surface area contributed by atoms with E-state index in [-0.39, 0.29) is 5.91 Å². The molecule has 27 heavy (non-hydrogen) atoms. The lowest BCUT2D eigenvalue weighted by molar-refractivity contribution is -0.138. The first-order valence-corrected chi connectivity index (χ1v) is 10.5. The molecular formula is C20H24IN5O. The van der Waals surface area contributed by atoms with Gasteiger partial charge >= 0.3 is 0 Å². The van der Waals surface area contributed by atoms with E-state index in [0.717, 1.165) is 51.6 Å². The fraction of sp³-hybridized carbons (Fsp3) is 0.450. The molecule has 0 bridgehead atoms. The Hall–Kier alpha value is -1.74. The molecule has 1 aromatic heterocycles. The minimum absolute atomic E-state index is 0.279. The molecule has 0 radical (unpaired) electrons. The number of aromatic nitrogens is 2. The second kappa shape index (κ2) is 8.52. The van der Waals surface area contributed by atoms with E-state index in [0.29, 0.717) is 12.5 Å². The molecule has 1 aromatic carbocycles. The third-order valence-corrected chi connectivity index (χ3v) is 6.07. The Balaban J connectivity index is 1.19. The normalized spacial score (nSPS) is 18.4. The van der Waals surface area contributed by atoms with Crippen LogP contribution in [0.3, 0.4) is 0 Å². The monoisotopic (exact) mass is 477 g/mol. The van der Waals surface area contributed by atoms with Crippen molar-refractivity contribution in [2.75, 3.05) is 44.2 Å². The average molecular weight is 477 g/mol. The zero-order valence-corrected chi connectivity index (χ0v) is 17.5. The van der Waals surface area contributed by atoms with Gasteiger partial charge < -0.3 is 9.80 Å². The van der Waals surface area contributed by atoms with Crippen molar-refractivity contribution < 1.29 is 4.79 Å². The highest BCUT2D eigenvalue weighted by molar-refractivity contribution is 14.1. The lowest BCUT2D eigenvalue weighted by Gasteiger charge is -2.48. The number of anilines is 1. The van der Waals surface area contributed by atoms with Crippen LogP contribution in [-0.2, 0) is 11.2 Å². The number of likely N-dealkylation sites (tertiary alicyclic amines) is 1. The Morgan fingerprint density at radius 2 is 1.81 bits per heavy atom. The molecular weight excluding hydrogens is 453 g/mol. The van der Waals surface area contributed by atoms with E-state index in [4.69, 9.17) is 0 Å². The Morgan fingerprint density at radius 3 is 2.52 bits per heavy atom. The van der Waals surface area contributed by atoms with Gasteiger partial charge in [0.25, 0.3) is 0 Å². The SMILES string of the molecule is O=C(CCc1cccc(I)c1)N1CC(N2CCN(c3ncccn3)CC2)C1. The first-order chi connectivity index (χ1) is 13.2. The molecule has 0 spiro atoms. The van der Waals surface area contributed by atoms with Gasteiger partial charge in [-0.2, -0.15) is 0 Å². The number of halogens is 1. The standard InChI is InChI=1S/C20H24IN5O/c21-17-4-1-3-16(13-17)5-6-19(27)26-14-18(15-26)24-9-11-25(12-10-24)20-22-7-2-8-23-20/h1-4,7-8,13,18H,5-6,9-12,14-15H2. The van der Waals surface area contributed by atoms with Crippen molar-refractivity contribution in [2.24, 2.45) is 0 Å². The molecule has 0 aliphatic carbocycles. The van der Waals surface area contributed by atoms with E-state index < -0.39 is 0 Å². The van der Waals surface area contributed by atoms with Gasteiger partial charge in [-0.3, -0.25) is 9.69 Å². The number of carbonyl (C=O) groups excluding carboxylic acids is 1. The largest absolute Gasteiger partial charge is 0.339 e. The summed E-state index contributed by atoms with van der Waals surface area (Å²) in [6, 6.07) is 10.7. The van der Waals surface area contributed by atoms with Crippen LogP contribution >= 0.6 is 22.6 Å². The summed E-state index contributed by atoms with van der Waals surface area (Å²) in [4.78, 5) is 27.8. The molecule has 142 valence electrons. The molecule has 1 amide bonds. The molecule has 0 saturated carbocycles. The molecule has 6 nitrogen and oxygen atoms in total. The molecule has 0 atom stereocenters. The molecule has 7 heteroatoms. The first kappa shape index (κ1) is 18.6. The molecule has 2 aliphatic rings. The summed E-state index contributed by atoms with van der Waals surface area (Å²) in [5.41, 5.74) is 1.24. The topological polar surface area (TPSA) is 52.6 Å². The Kier molecular flexibility index (Phi) is 5.87. The minimum atomic E-state index is 0.279. The maximum absolute atomic E-state index is 12.4. The van der Waals surface area contributed by atoms with Crippen LogP contribution in [0.1, 0.15) is 12.0 Å². The predicted octanol–water partition coefficient (Wildman–Crippen LogP) is 2.05. The fourth-order valence-electron chi connectivity index (χ4n) is 3.73. The zero-order valence-electron chi connectivity index (χ0n) is 15.3. The second-order valence-electron chi connectivity index (χ2n) is 7.15. The molecule has 4 rings (SSSR count). The molecule has 2 fully saturated rings. The molecule has 2 aromatic rings. The van der Waals surface area contributed by atoms with Crippen molar-refractivity contribution in [1.29, 1.82) is 0 Å². The highest BCUT2D eigenvalue weighted by Crippen LogP contribution is 2.20. The lowest BCUT2D eigenvalue weighted by atomic mass is 10.0. The van der Waals surface area contributed by atoms with Gasteiger partial charge in [0.2, 0.25) is 11.9 Å². The van der Waals surface area contributed by atoms with E-state index >= 15 is 0 Å². The van der Waals surface area contributed by atoms with E-state index in [1.807, 2.05) is 11.0 Å². The van der Waals surface area contributed by atoms with Crippen LogP contribution in [0.25, 0.3) is 0 Å².